The van der Waals surface area contributed by atoms with E-state index in [4.69, 9.17) is 10.5 Å². The molecule has 1 aliphatic heterocycles. The predicted octanol–water partition coefficient (Wildman–Crippen LogP) is 2.09. The van der Waals surface area contributed by atoms with Gasteiger partial charge in [0.15, 0.2) is 0 Å². The van der Waals surface area contributed by atoms with E-state index in [0.29, 0.717) is 19.1 Å². The number of rotatable bonds is 5. The quantitative estimate of drug-likeness (QED) is 0.895. The summed E-state index contributed by atoms with van der Waals surface area (Å²) in [5.74, 6) is 0.480. The van der Waals surface area contributed by atoms with Crippen molar-refractivity contribution in [3.8, 4) is 0 Å². The molecule has 0 saturated carbocycles. The maximum atomic E-state index is 6.16. The van der Waals surface area contributed by atoms with Crippen LogP contribution in [0.5, 0.6) is 0 Å². The zero-order valence-electron chi connectivity index (χ0n) is 13.1. The molecule has 2 rings (SSSR count). The molecule has 3 nitrogen and oxygen atoms in total. The largest absolute Gasteiger partial charge is 0.383 e. The van der Waals surface area contributed by atoms with Gasteiger partial charge in [-0.2, -0.15) is 0 Å². The standard InChI is InChI=1S/C17H28N2O/c1-14(2)17(12-18,13-20-3)19-10-8-15-6-4-5-7-16(15)9-11-19/h4-7,14H,8-13,18H2,1-3H3. The molecule has 0 amide bonds. The van der Waals surface area contributed by atoms with Gasteiger partial charge in [-0.15, -0.1) is 0 Å². The number of benzene rings is 1. The molecular weight excluding hydrogens is 248 g/mol. The molecule has 2 N–H and O–H groups in total. The Bertz CT molecular complexity index is 406. The summed E-state index contributed by atoms with van der Waals surface area (Å²) in [4.78, 5) is 2.56. The van der Waals surface area contributed by atoms with Crippen molar-refractivity contribution in [2.75, 3.05) is 33.4 Å². The van der Waals surface area contributed by atoms with Crippen LogP contribution >= 0.6 is 0 Å². The number of hydrogen-bond acceptors (Lipinski definition) is 3. The molecule has 1 heterocycles. The number of nitrogens with two attached hydrogens (primary N) is 1. The highest BCUT2D eigenvalue weighted by molar-refractivity contribution is 5.29. The van der Waals surface area contributed by atoms with Crippen LogP contribution in [0.3, 0.4) is 0 Å². The zero-order valence-corrected chi connectivity index (χ0v) is 13.1. The van der Waals surface area contributed by atoms with Crippen molar-refractivity contribution in [2.45, 2.75) is 32.2 Å². The highest BCUT2D eigenvalue weighted by atomic mass is 16.5. The molecule has 1 aromatic rings. The minimum Gasteiger partial charge on any atom is -0.383 e. The molecule has 1 atom stereocenters. The fraction of sp³-hybridized carbons (Fsp3) is 0.647. The third-order valence-corrected chi connectivity index (χ3v) is 4.87. The van der Waals surface area contributed by atoms with Gasteiger partial charge in [0.05, 0.1) is 12.1 Å². The van der Waals surface area contributed by atoms with Gasteiger partial charge in [-0.3, -0.25) is 4.90 Å². The van der Waals surface area contributed by atoms with E-state index in [2.05, 4.69) is 43.0 Å². The fourth-order valence-electron chi connectivity index (χ4n) is 3.41. The van der Waals surface area contributed by atoms with Crippen LogP contribution in [0.4, 0.5) is 0 Å². The molecule has 0 fully saturated rings. The second-order valence-corrected chi connectivity index (χ2v) is 6.15. The van der Waals surface area contributed by atoms with Crippen molar-refractivity contribution in [1.29, 1.82) is 0 Å². The number of methoxy groups -OCH3 is 1. The summed E-state index contributed by atoms with van der Waals surface area (Å²) in [5, 5.41) is 0. The van der Waals surface area contributed by atoms with E-state index >= 15 is 0 Å². The Hall–Kier alpha value is -0.900. The van der Waals surface area contributed by atoms with Crippen molar-refractivity contribution < 1.29 is 4.74 Å². The van der Waals surface area contributed by atoms with E-state index in [9.17, 15) is 0 Å². The molecule has 0 saturated heterocycles. The van der Waals surface area contributed by atoms with E-state index in [-0.39, 0.29) is 5.54 Å². The van der Waals surface area contributed by atoms with Gasteiger partial charge < -0.3 is 10.5 Å². The lowest BCUT2D eigenvalue weighted by Crippen LogP contribution is -2.61. The minimum absolute atomic E-state index is 0.0448. The van der Waals surface area contributed by atoms with Gasteiger partial charge in [0.25, 0.3) is 0 Å². The molecule has 0 aromatic heterocycles. The van der Waals surface area contributed by atoms with Crippen LogP contribution < -0.4 is 5.73 Å². The molecule has 1 aliphatic rings. The summed E-state index contributed by atoms with van der Waals surface area (Å²) >= 11 is 0. The number of hydrogen-bond donors (Lipinski definition) is 1. The van der Waals surface area contributed by atoms with Gasteiger partial charge >= 0.3 is 0 Å². The first kappa shape index (κ1) is 15.5. The van der Waals surface area contributed by atoms with Crippen LogP contribution in [0.1, 0.15) is 25.0 Å². The van der Waals surface area contributed by atoms with Crippen molar-refractivity contribution >= 4 is 0 Å². The normalized spacial score (nSPS) is 19.4. The molecule has 0 aliphatic carbocycles. The lowest BCUT2D eigenvalue weighted by atomic mass is 9.85. The van der Waals surface area contributed by atoms with Crippen LogP contribution in [0.15, 0.2) is 24.3 Å². The maximum absolute atomic E-state index is 6.16. The first-order valence-electron chi connectivity index (χ1n) is 7.65. The Morgan fingerprint density at radius 3 is 2.15 bits per heavy atom. The van der Waals surface area contributed by atoms with Crippen molar-refractivity contribution in [2.24, 2.45) is 11.7 Å². The van der Waals surface area contributed by atoms with E-state index in [1.807, 2.05) is 0 Å². The van der Waals surface area contributed by atoms with E-state index in [1.54, 1.807) is 7.11 Å². The first-order chi connectivity index (χ1) is 9.64. The first-order valence-corrected chi connectivity index (χ1v) is 7.65. The number of nitrogens with zero attached hydrogens (tertiary/aromatic N) is 1. The molecule has 1 unspecified atom stereocenters. The number of fused-ring (bicyclic) bond motifs is 1. The van der Waals surface area contributed by atoms with Crippen molar-refractivity contribution in [3.63, 3.8) is 0 Å². The van der Waals surface area contributed by atoms with Crippen LogP contribution in [0.2, 0.25) is 0 Å². The molecule has 3 heteroatoms. The third-order valence-electron chi connectivity index (χ3n) is 4.87. The molecule has 0 radical (unpaired) electrons. The van der Waals surface area contributed by atoms with Crippen LogP contribution in [0.25, 0.3) is 0 Å². The monoisotopic (exact) mass is 276 g/mol. The Labute approximate surface area is 123 Å². The van der Waals surface area contributed by atoms with Gasteiger partial charge in [0, 0.05) is 26.7 Å². The average molecular weight is 276 g/mol. The minimum atomic E-state index is -0.0448. The summed E-state index contributed by atoms with van der Waals surface area (Å²) in [5.41, 5.74) is 9.09. The second-order valence-electron chi connectivity index (χ2n) is 6.15. The van der Waals surface area contributed by atoms with Gasteiger partial charge in [0.2, 0.25) is 0 Å². The summed E-state index contributed by atoms with van der Waals surface area (Å²) < 4.78 is 5.51. The lowest BCUT2D eigenvalue weighted by Gasteiger charge is -2.45. The summed E-state index contributed by atoms with van der Waals surface area (Å²) in [6, 6.07) is 8.80. The average Bonchev–Trinajstić information content (AvgIpc) is 2.67. The summed E-state index contributed by atoms with van der Waals surface area (Å²) in [6.07, 6.45) is 2.21. The summed E-state index contributed by atoms with van der Waals surface area (Å²) in [7, 11) is 1.78. The maximum Gasteiger partial charge on any atom is 0.0661 e. The van der Waals surface area contributed by atoms with Gasteiger partial charge in [0.1, 0.15) is 0 Å². The predicted molar refractivity (Wildman–Crippen MR) is 83.9 cm³/mol. The van der Waals surface area contributed by atoms with Crippen molar-refractivity contribution in [1.82, 2.24) is 4.90 Å². The second kappa shape index (κ2) is 6.70. The van der Waals surface area contributed by atoms with Gasteiger partial charge in [-0.1, -0.05) is 38.1 Å². The van der Waals surface area contributed by atoms with Gasteiger partial charge in [-0.05, 0) is 29.9 Å². The lowest BCUT2D eigenvalue weighted by molar-refractivity contribution is -0.0140. The van der Waals surface area contributed by atoms with Crippen LogP contribution in [-0.4, -0.2) is 43.8 Å². The van der Waals surface area contributed by atoms with Crippen LogP contribution in [0, 0.1) is 5.92 Å². The smallest absolute Gasteiger partial charge is 0.0661 e. The Morgan fingerprint density at radius 1 is 1.20 bits per heavy atom. The molecule has 0 spiro atoms. The SMILES string of the molecule is COCC(CN)(C(C)C)N1CCc2ccccc2CC1. The third kappa shape index (κ3) is 2.90. The molecule has 0 bridgehead atoms. The van der Waals surface area contributed by atoms with Gasteiger partial charge in [-0.25, -0.2) is 0 Å². The Morgan fingerprint density at radius 2 is 1.75 bits per heavy atom. The highest BCUT2D eigenvalue weighted by Crippen LogP contribution is 2.28. The summed E-state index contributed by atoms with van der Waals surface area (Å²) in [6.45, 7) is 7.99. The number of ether oxygens (including phenoxy) is 1. The molecule has 112 valence electrons. The molecule has 20 heavy (non-hydrogen) atoms. The Kier molecular flexibility index (Phi) is 5.19. The van der Waals surface area contributed by atoms with E-state index in [1.165, 1.54) is 11.1 Å². The topological polar surface area (TPSA) is 38.5 Å². The molecular formula is C17H28N2O. The Balaban J connectivity index is 2.21. The van der Waals surface area contributed by atoms with E-state index in [0.717, 1.165) is 25.9 Å². The van der Waals surface area contributed by atoms with E-state index < -0.39 is 0 Å². The van der Waals surface area contributed by atoms with Crippen LogP contribution in [-0.2, 0) is 17.6 Å². The van der Waals surface area contributed by atoms with Crippen molar-refractivity contribution in [3.05, 3.63) is 35.4 Å². The molecule has 1 aromatic carbocycles. The zero-order chi connectivity index (χ0) is 14.6. The fourth-order valence-corrected chi connectivity index (χ4v) is 3.41. The highest BCUT2D eigenvalue weighted by Gasteiger charge is 2.39.